The predicted molar refractivity (Wildman–Crippen MR) is 260 cm³/mol. The molecule has 1 spiro atoms. The third-order valence-electron chi connectivity index (χ3n) is 14.8. The average molecular weight is 804 g/mol. The second kappa shape index (κ2) is 14.5. The maximum Gasteiger partial charge on any atom is 0.0468 e. The smallest absolute Gasteiger partial charge is 0.0468 e. The van der Waals surface area contributed by atoms with Crippen LogP contribution in [0.5, 0.6) is 0 Å². The van der Waals surface area contributed by atoms with Crippen LogP contribution in [0, 0.1) is 23.7 Å². The van der Waals surface area contributed by atoms with E-state index in [-0.39, 0.29) is 5.41 Å². The number of hydrogen-bond acceptors (Lipinski definition) is 2. The lowest BCUT2D eigenvalue weighted by atomic mass is 9.49. The monoisotopic (exact) mass is 803 g/mol. The maximum absolute atomic E-state index is 2.57. The summed E-state index contributed by atoms with van der Waals surface area (Å²) < 4.78 is 2.68. The first-order valence-electron chi connectivity index (χ1n) is 22.3. The van der Waals surface area contributed by atoms with E-state index >= 15 is 0 Å². The fourth-order valence-electron chi connectivity index (χ4n) is 12.3. The second-order valence-corrected chi connectivity index (χ2v) is 19.4. The highest BCUT2D eigenvalue weighted by Gasteiger charge is 2.56. The minimum Gasteiger partial charge on any atom is -0.310 e. The van der Waals surface area contributed by atoms with Gasteiger partial charge in [0.1, 0.15) is 0 Å². The first-order chi connectivity index (χ1) is 30.0. The molecule has 61 heavy (non-hydrogen) atoms. The van der Waals surface area contributed by atoms with Crippen LogP contribution >= 0.6 is 11.3 Å². The highest BCUT2D eigenvalue weighted by Crippen LogP contribution is 2.65. The number of fused-ring (bicyclic) bond motifs is 11. The van der Waals surface area contributed by atoms with Crippen molar-refractivity contribution in [1.29, 1.82) is 0 Å². The quantitative estimate of drug-likeness (QED) is 0.162. The molecule has 1 aromatic heterocycles. The molecule has 1 unspecified atom stereocenters. The zero-order chi connectivity index (χ0) is 40.7. The molecule has 3 aliphatic rings. The summed E-state index contributed by atoms with van der Waals surface area (Å²) in [6.45, 7) is 5.07. The predicted octanol–water partition coefficient (Wildman–Crippen LogP) is 16.9. The summed E-state index contributed by atoms with van der Waals surface area (Å²) in [4.78, 5) is 2.47. The molecule has 1 nitrogen and oxygen atoms in total. The van der Waals surface area contributed by atoms with E-state index in [4.69, 9.17) is 0 Å². The first kappa shape index (κ1) is 36.6. The normalized spacial score (nSPS) is 21.4. The molecule has 296 valence electrons. The molecule has 2 fully saturated rings. The molecular formula is C59H49NS. The molecule has 0 radical (unpaired) electrons. The molecule has 2 bridgehead atoms. The Hall–Kier alpha value is -6.22. The van der Waals surface area contributed by atoms with Gasteiger partial charge in [0.05, 0.1) is 0 Å². The molecule has 3 aliphatic carbocycles. The highest BCUT2D eigenvalue weighted by atomic mass is 32.1. The molecule has 0 N–H and O–H groups in total. The summed E-state index contributed by atoms with van der Waals surface area (Å²) in [6, 6.07) is 70.7. The summed E-state index contributed by atoms with van der Waals surface area (Å²) >= 11 is 1.88. The molecule has 2 heteroatoms. The van der Waals surface area contributed by atoms with Crippen LogP contribution in [0.15, 0.2) is 188 Å². The minimum atomic E-state index is 0.0787. The topological polar surface area (TPSA) is 3.24 Å². The van der Waals surface area contributed by atoms with Gasteiger partial charge in [-0.1, -0.05) is 153 Å². The van der Waals surface area contributed by atoms with Gasteiger partial charge in [0.25, 0.3) is 0 Å². The molecule has 0 aliphatic heterocycles. The molecule has 5 atom stereocenters. The van der Waals surface area contributed by atoms with E-state index in [9.17, 15) is 0 Å². The summed E-state index contributed by atoms with van der Waals surface area (Å²) in [6.07, 6.45) is 5.41. The molecule has 2 saturated carbocycles. The van der Waals surface area contributed by atoms with E-state index in [2.05, 4.69) is 207 Å². The van der Waals surface area contributed by atoms with E-state index in [0.29, 0.717) is 11.8 Å². The number of rotatable bonds is 6. The fourth-order valence-corrected chi connectivity index (χ4v) is 13.4. The van der Waals surface area contributed by atoms with Crippen molar-refractivity contribution in [3.8, 4) is 44.5 Å². The van der Waals surface area contributed by atoms with Crippen LogP contribution < -0.4 is 4.90 Å². The van der Waals surface area contributed by atoms with E-state index < -0.39 is 0 Å². The molecule has 0 saturated heterocycles. The van der Waals surface area contributed by atoms with Crippen LogP contribution in [-0.4, -0.2) is 0 Å². The van der Waals surface area contributed by atoms with Crippen LogP contribution in [0.3, 0.4) is 0 Å². The van der Waals surface area contributed by atoms with Crippen LogP contribution in [-0.2, 0) is 5.41 Å². The molecule has 1 heterocycles. The van der Waals surface area contributed by atoms with Crippen molar-refractivity contribution in [3.05, 3.63) is 199 Å². The van der Waals surface area contributed by atoms with Crippen molar-refractivity contribution in [2.24, 2.45) is 23.7 Å². The largest absolute Gasteiger partial charge is 0.310 e. The van der Waals surface area contributed by atoms with Crippen molar-refractivity contribution in [2.75, 3.05) is 4.90 Å². The Morgan fingerprint density at radius 3 is 1.72 bits per heavy atom. The summed E-state index contributed by atoms with van der Waals surface area (Å²) in [5.74, 6) is 2.95. The third kappa shape index (κ3) is 5.94. The third-order valence-corrected chi connectivity index (χ3v) is 15.9. The van der Waals surface area contributed by atoms with E-state index in [1.54, 1.807) is 11.1 Å². The minimum absolute atomic E-state index is 0.0787. The van der Waals surface area contributed by atoms with Gasteiger partial charge in [-0.15, -0.1) is 11.3 Å². The summed E-state index contributed by atoms with van der Waals surface area (Å²) in [5.41, 5.74) is 17.0. The number of benzene rings is 8. The van der Waals surface area contributed by atoms with E-state index in [0.717, 1.165) is 23.2 Å². The number of anilines is 3. The van der Waals surface area contributed by atoms with E-state index in [1.807, 2.05) is 11.3 Å². The van der Waals surface area contributed by atoms with Gasteiger partial charge in [-0.05, 0) is 154 Å². The number of hydrogen-bond donors (Lipinski definition) is 0. The standard InChI is InChI=1S/C59H49NS/c1-38-32-40-34-39(2)59(47(33-38)35-40)55-14-8-6-12-51(55)54-37-50(29-31-56(54)59)60(48-25-20-44(21-26-48)43-18-16-42(17-19-43)41-10-4-3-5-11-41)49-27-22-45(23-28-49)46-24-30-53-52-13-7-9-15-57(52)61-58(53)36-46/h3-31,36-40,47H,32-35H2,1-2H3/t38-,39+,40-,47-,59?/m0/s1. The van der Waals surface area contributed by atoms with Crippen molar-refractivity contribution in [1.82, 2.24) is 0 Å². The SMILES string of the molecule is C[C@H]1C[C@@H]2C[C@H](C1)C1(c3ccccc3-c3cc(N(c4ccc(-c5ccc(-c6ccccc6)cc5)cc4)c4ccc(-c5ccc6c(c5)sc5ccccc56)cc4)ccc31)[C@H](C)C2. The van der Waals surface area contributed by atoms with Gasteiger partial charge in [-0.2, -0.15) is 0 Å². The number of nitrogens with zero attached hydrogens (tertiary/aromatic N) is 1. The molecular weight excluding hydrogens is 755 g/mol. The lowest BCUT2D eigenvalue weighted by molar-refractivity contribution is 0.0426. The molecule has 9 aromatic rings. The van der Waals surface area contributed by atoms with Gasteiger partial charge in [0, 0.05) is 42.6 Å². The molecule has 12 rings (SSSR count). The summed E-state index contributed by atoms with van der Waals surface area (Å²) in [5, 5.41) is 2.68. The van der Waals surface area contributed by atoms with Crippen LogP contribution in [0.1, 0.15) is 50.7 Å². The Bertz CT molecular complexity index is 3060. The van der Waals surface area contributed by atoms with Gasteiger partial charge in [-0.25, -0.2) is 0 Å². The Labute approximate surface area is 364 Å². The van der Waals surface area contributed by atoms with Crippen molar-refractivity contribution in [2.45, 2.75) is 44.9 Å². The van der Waals surface area contributed by atoms with Gasteiger partial charge < -0.3 is 4.90 Å². The second-order valence-electron chi connectivity index (χ2n) is 18.3. The zero-order valence-electron chi connectivity index (χ0n) is 34.9. The molecule has 8 aromatic carbocycles. The Morgan fingerprint density at radius 2 is 0.984 bits per heavy atom. The Kier molecular flexibility index (Phi) is 8.68. The van der Waals surface area contributed by atoms with E-state index in [1.165, 1.54) is 96.1 Å². The van der Waals surface area contributed by atoms with Crippen molar-refractivity contribution < 1.29 is 0 Å². The number of thiophene rings is 1. The van der Waals surface area contributed by atoms with Gasteiger partial charge >= 0.3 is 0 Å². The highest BCUT2D eigenvalue weighted by molar-refractivity contribution is 7.25. The summed E-state index contributed by atoms with van der Waals surface area (Å²) in [7, 11) is 0. The first-order valence-corrected chi connectivity index (χ1v) is 23.1. The fraction of sp³-hybridized carbons (Fsp3) is 0.186. The van der Waals surface area contributed by atoms with Crippen LogP contribution in [0.2, 0.25) is 0 Å². The van der Waals surface area contributed by atoms with Crippen molar-refractivity contribution in [3.63, 3.8) is 0 Å². The van der Waals surface area contributed by atoms with Crippen LogP contribution in [0.4, 0.5) is 17.1 Å². The van der Waals surface area contributed by atoms with Crippen molar-refractivity contribution >= 4 is 48.6 Å². The van der Waals surface area contributed by atoms with Crippen LogP contribution in [0.25, 0.3) is 64.7 Å². The Balaban J connectivity index is 0.952. The zero-order valence-corrected chi connectivity index (χ0v) is 35.7. The van der Waals surface area contributed by atoms with Gasteiger partial charge in [0.2, 0.25) is 0 Å². The molecule has 0 amide bonds. The maximum atomic E-state index is 2.57. The average Bonchev–Trinajstić information content (AvgIpc) is 3.82. The van der Waals surface area contributed by atoms with Gasteiger partial charge in [-0.3, -0.25) is 0 Å². The lowest BCUT2D eigenvalue weighted by Gasteiger charge is -2.54. The lowest BCUT2D eigenvalue weighted by Crippen LogP contribution is -2.49. The van der Waals surface area contributed by atoms with Gasteiger partial charge in [0.15, 0.2) is 0 Å². The Morgan fingerprint density at radius 1 is 0.426 bits per heavy atom.